The minimum absolute atomic E-state index is 0.102. The Hall–Kier alpha value is -2.24. The Bertz CT molecular complexity index is 780. The fraction of sp³-hybridized carbons (Fsp3) is 0.350. The molecule has 140 valence electrons. The van der Waals surface area contributed by atoms with Gasteiger partial charge in [-0.15, -0.1) is 0 Å². The van der Waals surface area contributed by atoms with Crippen LogP contribution >= 0.6 is 11.6 Å². The first-order chi connectivity index (χ1) is 12.3. The van der Waals surface area contributed by atoms with E-state index in [0.29, 0.717) is 23.0 Å². The first-order valence-electron chi connectivity index (χ1n) is 8.46. The van der Waals surface area contributed by atoms with Gasteiger partial charge in [-0.1, -0.05) is 23.2 Å². The molecule has 1 amide bonds. The van der Waals surface area contributed by atoms with E-state index in [9.17, 15) is 4.79 Å². The van der Waals surface area contributed by atoms with Crippen LogP contribution in [0.4, 0.5) is 5.69 Å². The molecule has 2 aromatic rings. The summed E-state index contributed by atoms with van der Waals surface area (Å²) in [7, 11) is 5.20. The van der Waals surface area contributed by atoms with Crippen molar-refractivity contribution in [3.8, 4) is 11.5 Å². The van der Waals surface area contributed by atoms with E-state index in [1.54, 1.807) is 32.4 Å². The SMILES string of the molecule is COc1ccc(C)cc1C[NH+](C)[C@H](C)C(=O)Nc1cc(Cl)ccc1OC. The van der Waals surface area contributed by atoms with E-state index in [4.69, 9.17) is 21.1 Å². The summed E-state index contributed by atoms with van der Waals surface area (Å²) in [6, 6.07) is 10.9. The summed E-state index contributed by atoms with van der Waals surface area (Å²) in [6.07, 6.45) is 0. The van der Waals surface area contributed by atoms with E-state index in [1.807, 2.05) is 33.0 Å². The van der Waals surface area contributed by atoms with Crippen LogP contribution in [0, 0.1) is 6.92 Å². The lowest BCUT2D eigenvalue weighted by Crippen LogP contribution is -3.12. The van der Waals surface area contributed by atoms with E-state index in [-0.39, 0.29) is 11.9 Å². The molecule has 0 saturated carbocycles. The van der Waals surface area contributed by atoms with Gasteiger partial charge >= 0.3 is 0 Å². The van der Waals surface area contributed by atoms with Gasteiger partial charge in [0.05, 0.1) is 27.0 Å². The maximum Gasteiger partial charge on any atom is 0.282 e. The Kier molecular flexibility index (Phi) is 6.89. The van der Waals surface area contributed by atoms with E-state index >= 15 is 0 Å². The zero-order chi connectivity index (χ0) is 19.3. The lowest BCUT2D eigenvalue weighted by molar-refractivity contribution is -0.907. The number of halogens is 1. The minimum atomic E-state index is -0.274. The van der Waals surface area contributed by atoms with Crippen LogP contribution in [0.5, 0.6) is 11.5 Å². The maximum atomic E-state index is 12.7. The van der Waals surface area contributed by atoms with Crippen LogP contribution in [0.1, 0.15) is 18.1 Å². The van der Waals surface area contributed by atoms with Crippen molar-refractivity contribution < 1.29 is 19.2 Å². The van der Waals surface area contributed by atoms with Crippen molar-refractivity contribution in [1.82, 2.24) is 0 Å². The molecule has 0 heterocycles. The maximum absolute atomic E-state index is 12.7. The summed E-state index contributed by atoms with van der Waals surface area (Å²) in [5.41, 5.74) is 2.80. The van der Waals surface area contributed by atoms with E-state index < -0.39 is 0 Å². The summed E-state index contributed by atoms with van der Waals surface area (Å²) in [5.74, 6) is 1.31. The topological polar surface area (TPSA) is 52.0 Å². The molecule has 2 N–H and O–H groups in total. The van der Waals surface area contributed by atoms with Crippen molar-refractivity contribution >= 4 is 23.2 Å². The van der Waals surface area contributed by atoms with Gasteiger partial charge in [-0.3, -0.25) is 4.79 Å². The number of methoxy groups -OCH3 is 2. The molecule has 0 saturated heterocycles. The van der Waals surface area contributed by atoms with Crippen molar-refractivity contribution in [2.24, 2.45) is 0 Å². The Balaban J connectivity index is 2.11. The lowest BCUT2D eigenvalue weighted by atomic mass is 10.1. The molecule has 5 nitrogen and oxygen atoms in total. The second-order valence-electron chi connectivity index (χ2n) is 6.39. The van der Waals surface area contributed by atoms with Gasteiger partial charge in [-0.2, -0.15) is 0 Å². The van der Waals surface area contributed by atoms with E-state index in [0.717, 1.165) is 21.8 Å². The van der Waals surface area contributed by atoms with Crippen LogP contribution in [0.3, 0.4) is 0 Å². The molecule has 2 aromatic carbocycles. The predicted molar refractivity (Wildman–Crippen MR) is 104 cm³/mol. The van der Waals surface area contributed by atoms with Crippen molar-refractivity contribution in [3.63, 3.8) is 0 Å². The van der Waals surface area contributed by atoms with Crippen LogP contribution in [-0.4, -0.2) is 33.2 Å². The highest BCUT2D eigenvalue weighted by molar-refractivity contribution is 6.31. The largest absolute Gasteiger partial charge is 0.496 e. The average Bonchev–Trinajstić information content (AvgIpc) is 2.61. The highest BCUT2D eigenvalue weighted by Crippen LogP contribution is 2.27. The number of aryl methyl sites for hydroxylation is 1. The molecule has 26 heavy (non-hydrogen) atoms. The third kappa shape index (κ3) is 4.90. The monoisotopic (exact) mass is 377 g/mol. The summed E-state index contributed by atoms with van der Waals surface area (Å²) in [5, 5.41) is 3.45. The third-order valence-corrected chi connectivity index (χ3v) is 4.69. The minimum Gasteiger partial charge on any atom is -0.496 e. The van der Waals surface area contributed by atoms with Crippen LogP contribution in [0.15, 0.2) is 36.4 Å². The van der Waals surface area contributed by atoms with Crippen LogP contribution < -0.4 is 19.7 Å². The van der Waals surface area contributed by atoms with Gasteiger partial charge < -0.3 is 19.7 Å². The number of benzene rings is 2. The number of likely N-dealkylation sites (N-methyl/N-ethyl adjacent to an activating group) is 1. The number of nitrogens with one attached hydrogen (secondary N) is 2. The highest BCUT2D eigenvalue weighted by Gasteiger charge is 2.24. The molecule has 0 radical (unpaired) electrons. The van der Waals surface area contributed by atoms with Gasteiger partial charge in [0.15, 0.2) is 6.04 Å². The second kappa shape index (κ2) is 8.92. The Morgan fingerprint density at radius 2 is 1.81 bits per heavy atom. The number of anilines is 1. The molecule has 0 aliphatic rings. The van der Waals surface area contributed by atoms with Gasteiger partial charge in [0.1, 0.15) is 18.0 Å². The molecule has 0 fully saturated rings. The van der Waals surface area contributed by atoms with Crippen molar-refractivity contribution in [2.45, 2.75) is 26.4 Å². The van der Waals surface area contributed by atoms with E-state index in [2.05, 4.69) is 11.4 Å². The number of ether oxygens (including phenoxy) is 2. The summed E-state index contributed by atoms with van der Waals surface area (Å²) < 4.78 is 10.7. The van der Waals surface area contributed by atoms with Crippen molar-refractivity contribution in [3.05, 3.63) is 52.5 Å². The highest BCUT2D eigenvalue weighted by atomic mass is 35.5. The lowest BCUT2D eigenvalue weighted by Gasteiger charge is -2.22. The smallest absolute Gasteiger partial charge is 0.282 e. The molecule has 0 aliphatic heterocycles. The molecular weight excluding hydrogens is 352 g/mol. The van der Waals surface area contributed by atoms with Gasteiger partial charge in [-0.25, -0.2) is 0 Å². The standard InChI is InChI=1S/C20H25ClN2O3/c1-13-6-8-18(25-4)15(10-13)12-23(3)14(2)20(24)22-17-11-16(21)7-9-19(17)26-5/h6-11,14H,12H2,1-5H3,(H,22,24)/p+1/t14-/m1/s1. The predicted octanol–water partition coefficient (Wildman–Crippen LogP) is 2.71. The molecule has 2 rings (SSSR count). The number of amides is 1. The fourth-order valence-electron chi connectivity index (χ4n) is 2.74. The van der Waals surface area contributed by atoms with Crippen LogP contribution in [-0.2, 0) is 11.3 Å². The average molecular weight is 378 g/mol. The zero-order valence-corrected chi connectivity index (χ0v) is 16.6. The summed E-state index contributed by atoms with van der Waals surface area (Å²) >= 11 is 6.03. The first kappa shape index (κ1) is 20.1. The Morgan fingerprint density at radius 1 is 1.15 bits per heavy atom. The Morgan fingerprint density at radius 3 is 2.46 bits per heavy atom. The number of rotatable bonds is 7. The molecule has 1 unspecified atom stereocenters. The Labute approximate surface area is 159 Å². The molecule has 6 heteroatoms. The molecule has 2 atom stereocenters. The number of quaternary nitrogens is 1. The molecule has 0 bridgehead atoms. The third-order valence-electron chi connectivity index (χ3n) is 4.46. The van der Waals surface area contributed by atoms with Crippen LogP contribution in [0.25, 0.3) is 0 Å². The van der Waals surface area contributed by atoms with Gasteiger partial charge in [-0.05, 0) is 44.2 Å². The van der Waals surface area contributed by atoms with Gasteiger partial charge in [0, 0.05) is 10.6 Å². The van der Waals surface area contributed by atoms with E-state index in [1.165, 1.54) is 0 Å². The van der Waals surface area contributed by atoms with Crippen molar-refractivity contribution in [1.29, 1.82) is 0 Å². The number of hydrogen-bond donors (Lipinski definition) is 2. The molecule has 0 aliphatic carbocycles. The molecule has 0 aromatic heterocycles. The molecule has 0 spiro atoms. The quantitative estimate of drug-likeness (QED) is 0.780. The summed E-state index contributed by atoms with van der Waals surface area (Å²) in [6.45, 7) is 4.61. The summed E-state index contributed by atoms with van der Waals surface area (Å²) in [4.78, 5) is 13.7. The molecular formula is C20H26ClN2O3+. The van der Waals surface area contributed by atoms with Gasteiger partial charge in [0.2, 0.25) is 0 Å². The number of carbonyl (C=O) groups is 1. The second-order valence-corrected chi connectivity index (χ2v) is 6.83. The first-order valence-corrected chi connectivity index (χ1v) is 8.83. The fourth-order valence-corrected chi connectivity index (χ4v) is 2.91. The zero-order valence-electron chi connectivity index (χ0n) is 15.9. The number of carbonyl (C=O) groups excluding carboxylic acids is 1. The van der Waals surface area contributed by atoms with Crippen LogP contribution in [0.2, 0.25) is 5.02 Å². The number of hydrogen-bond acceptors (Lipinski definition) is 3. The normalized spacial score (nSPS) is 13.0. The van der Waals surface area contributed by atoms with Gasteiger partial charge in [0.25, 0.3) is 5.91 Å². The van der Waals surface area contributed by atoms with Crippen molar-refractivity contribution in [2.75, 3.05) is 26.6 Å².